The molecule has 0 spiro atoms. The summed E-state index contributed by atoms with van der Waals surface area (Å²) in [5.41, 5.74) is 0. The van der Waals surface area contributed by atoms with E-state index in [1.165, 1.54) is 0 Å². The Bertz CT molecular complexity index is 164. The van der Waals surface area contributed by atoms with E-state index in [1.807, 2.05) is 0 Å². The molecule has 0 aromatic carbocycles. The second-order valence-electron chi connectivity index (χ2n) is 3.07. The molecule has 1 aliphatic rings. The Labute approximate surface area is 76.9 Å². The molecule has 5 nitrogen and oxygen atoms in total. The van der Waals surface area contributed by atoms with Crippen LogP contribution in [-0.2, 0) is 4.74 Å². The summed E-state index contributed by atoms with van der Waals surface area (Å²) < 4.78 is 4.82. The molecule has 1 saturated heterocycles. The van der Waals surface area contributed by atoms with Crippen LogP contribution < -0.4 is 0 Å². The maximum absolute atomic E-state index is 11.3. The molecule has 0 radical (unpaired) electrons. The fourth-order valence-corrected chi connectivity index (χ4v) is 1.25. The van der Waals surface area contributed by atoms with Gasteiger partial charge in [-0.05, 0) is 12.8 Å². The number of hydrogen-bond donors (Lipinski definition) is 2. The molecule has 0 atom stereocenters. The van der Waals surface area contributed by atoms with Crippen LogP contribution in [0.15, 0.2) is 0 Å². The molecule has 1 rings (SSSR count). The zero-order chi connectivity index (χ0) is 9.68. The molecule has 0 saturated carbocycles. The van der Waals surface area contributed by atoms with Gasteiger partial charge in [0.2, 0.25) is 0 Å². The fourth-order valence-electron chi connectivity index (χ4n) is 1.25. The van der Waals surface area contributed by atoms with Gasteiger partial charge in [0.1, 0.15) is 6.10 Å². The Morgan fingerprint density at radius 1 is 1.31 bits per heavy atom. The van der Waals surface area contributed by atoms with Gasteiger partial charge >= 0.3 is 6.09 Å². The molecule has 0 aromatic rings. The minimum atomic E-state index is -0.784. The monoisotopic (exact) mass is 189 g/mol. The zero-order valence-electron chi connectivity index (χ0n) is 7.48. The van der Waals surface area contributed by atoms with E-state index in [-0.39, 0.29) is 13.2 Å². The lowest BCUT2D eigenvalue weighted by molar-refractivity contribution is 0.00761. The van der Waals surface area contributed by atoms with Crippen molar-refractivity contribution in [1.82, 2.24) is 4.90 Å². The normalized spacial score (nSPS) is 16.7. The summed E-state index contributed by atoms with van der Waals surface area (Å²) in [6, 6.07) is 0. The molecule has 0 aliphatic carbocycles. The molecule has 0 bridgehead atoms. The van der Waals surface area contributed by atoms with Crippen LogP contribution in [0, 0.1) is 0 Å². The lowest BCUT2D eigenvalue weighted by atomic mass is 10.4. The quantitative estimate of drug-likeness (QED) is 0.632. The van der Waals surface area contributed by atoms with Gasteiger partial charge in [-0.25, -0.2) is 4.79 Å². The Kier molecular flexibility index (Phi) is 3.98. The largest absolute Gasteiger partial charge is 0.441 e. The lowest BCUT2D eigenvalue weighted by Crippen LogP contribution is -2.34. The molecule has 76 valence electrons. The van der Waals surface area contributed by atoms with Crippen LogP contribution in [0.4, 0.5) is 4.79 Å². The number of likely N-dealkylation sites (tertiary alicyclic amines) is 1. The van der Waals surface area contributed by atoms with Gasteiger partial charge in [0.25, 0.3) is 0 Å². The van der Waals surface area contributed by atoms with Crippen LogP contribution >= 0.6 is 0 Å². The van der Waals surface area contributed by atoms with E-state index in [9.17, 15) is 4.79 Å². The first-order chi connectivity index (χ1) is 6.27. The van der Waals surface area contributed by atoms with Crippen LogP contribution in [0.5, 0.6) is 0 Å². The molecule has 1 fully saturated rings. The zero-order valence-corrected chi connectivity index (χ0v) is 7.48. The average Bonchev–Trinajstić information content (AvgIpc) is 2.66. The molecular formula is C8H15NO4. The van der Waals surface area contributed by atoms with Crippen molar-refractivity contribution >= 4 is 6.09 Å². The molecule has 0 unspecified atom stereocenters. The molecule has 1 amide bonds. The number of rotatable bonds is 3. The average molecular weight is 189 g/mol. The van der Waals surface area contributed by atoms with Gasteiger partial charge in [-0.1, -0.05) is 0 Å². The number of hydrogen-bond acceptors (Lipinski definition) is 4. The van der Waals surface area contributed by atoms with Crippen LogP contribution in [-0.4, -0.2) is 53.6 Å². The van der Waals surface area contributed by atoms with Crippen molar-refractivity contribution in [3.8, 4) is 0 Å². The highest BCUT2D eigenvalue weighted by Gasteiger charge is 2.21. The molecule has 13 heavy (non-hydrogen) atoms. The van der Waals surface area contributed by atoms with E-state index in [4.69, 9.17) is 14.9 Å². The van der Waals surface area contributed by atoms with Gasteiger partial charge < -0.3 is 19.8 Å². The second-order valence-corrected chi connectivity index (χ2v) is 3.07. The Morgan fingerprint density at radius 2 is 1.85 bits per heavy atom. The minimum absolute atomic E-state index is 0.337. The number of carbonyl (C=O) groups is 1. The first-order valence-electron chi connectivity index (χ1n) is 4.45. The van der Waals surface area contributed by atoms with Gasteiger partial charge in [-0.2, -0.15) is 0 Å². The molecule has 0 aromatic heterocycles. The van der Waals surface area contributed by atoms with Gasteiger partial charge in [0, 0.05) is 13.1 Å². The van der Waals surface area contributed by atoms with E-state index in [0.29, 0.717) is 13.1 Å². The first-order valence-corrected chi connectivity index (χ1v) is 4.45. The molecule has 5 heteroatoms. The molecule has 1 aliphatic heterocycles. The summed E-state index contributed by atoms with van der Waals surface area (Å²) in [7, 11) is 0. The van der Waals surface area contributed by atoms with Crippen molar-refractivity contribution < 1.29 is 19.7 Å². The van der Waals surface area contributed by atoms with Crippen LogP contribution in [0.3, 0.4) is 0 Å². The summed E-state index contributed by atoms with van der Waals surface area (Å²) in [5.74, 6) is 0. The number of amides is 1. The lowest BCUT2D eigenvalue weighted by Gasteiger charge is -2.19. The van der Waals surface area contributed by atoms with Crippen LogP contribution in [0.1, 0.15) is 12.8 Å². The maximum atomic E-state index is 11.3. The Balaban J connectivity index is 2.30. The number of aliphatic hydroxyl groups excluding tert-OH is 2. The van der Waals surface area contributed by atoms with Crippen LogP contribution in [0.2, 0.25) is 0 Å². The summed E-state index contributed by atoms with van der Waals surface area (Å²) in [4.78, 5) is 12.8. The predicted molar refractivity (Wildman–Crippen MR) is 45.2 cm³/mol. The number of nitrogens with zero attached hydrogens (tertiary/aromatic N) is 1. The number of ether oxygens (including phenoxy) is 1. The third-order valence-electron chi connectivity index (χ3n) is 2.04. The van der Waals surface area contributed by atoms with Gasteiger partial charge in [-0.15, -0.1) is 0 Å². The summed E-state index contributed by atoms with van der Waals surface area (Å²) >= 11 is 0. The second kappa shape index (κ2) is 5.04. The van der Waals surface area contributed by atoms with Crippen molar-refractivity contribution in [2.75, 3.05) is 26.3 Å². The molecular weight excluding hydrogens is 174 g/mol. The van der Waals surface area contributed by atoms with Crippen molar-refractivity contribution in [3.63, 3.8) is 0 Å². The minimum Gasteiger partial charge on any atom is -0.441 e. The van der Waals surface area contributed by atoms with Crippen molar-refractivity contribution in [2.24, 2.45) is 0 Å². The predicted octanol–water partition coefficient (Wildman–Crippen LogP) is -0.428. The third-order valence-corrected chi connectivity index (χ3v) is 2.04. The standard InChI is InChI=1S/C8H15NO4/c10-5-7(6-11)13-8(12)9-3-1-2-4-9/h7,10-11H,1-6H2. The molecule has 2 N–H and O–H groups in total. The highest BCUT2D eigenvalue weighted by Crippen LogP contribution is 2.09. The Morgan fingerprint density at radius 3 is 2.31 bits per heavy atom. The molecule has 1 heterocycles. The summed E-state index contributed by atoms with van der Waals surface area (Å²) in [6.07, 6.45) is 0.773. The SMILES string of the molecule is O=C(OC(CO)CO)N1CCCC1. The van der Waals surface area contributed by atoms with E-state index in [0.717, 1.165) is 12.8 Å². The topological polar surface area (TPSA) is 70.0 Å². The van der Waals surface area contributed by atoms with Crippen molar-refractivity contribution in [2.45, 2.75) is 18.9 Å². The van der Waals surface area contributed by atoms with E-state index < -0.39 is 12.2 Å². The summed E-state index contributed by atoms with van der Waals surface area (Å²) in [6.45, 7) is 0.747. The third kappa shape index (κ3) is 2.86. The summed E-state index contributed by atoms with van der Waals surface area (Å²) in [5, 5.41) is 17.3. The van der Waals surface area contributed by atoms with Crippen molar-refractivity contribution in [3.05, 3.63) is 0 Å². The smallest absolute Gasteiger partial charge is 0.410 e. The maximum Gasteiger partial charge on any atom is 0.410 e. The van der Waals surface area contributed by atoms with E-state index in [2.05, 4.69) is 0 Å². The number of carbonyl (C=O) groups excluding carboxylic acids is 1. The fraction of sp³-hybridized carbons (Fsp3) is 0.875. The highest BCUT2D eigenvalue weighted by atomic mass is 16.6. The van der Waals surface area contributed by atoms with Gasteiger partial charge in [0.05, 0.1) is 13.2 Å². The van der Waals surface area contributed by atoms with Gasteiger partial charge in [-0.3, -0.25) is 0 Å². The first kappa shape index (κ1) is 10.3. The van der Waals surface area contributed by atoms with Gasteiger partial charge in [0.15, 0.2) is 0 Å². The highest BCUT2D eigenvalue weighted by molar-refractivity contribution is 5.68. The Hall–Kier alpha value is -0.810. The van der Waals surface area contributed by atoms with Crippen molar-refractivity contribution in [1.29, 1.82) is 0 Å². The van der Waals surface area contributed by atoms with E-state index >= 15 is 0 Å². The van der Waals surface area contributed by atoms with E-state index in [1.54, 1.807) is 4.90 Å². The number of aliphatic hydroxyl groups is 2. The van der Waals surface area contributed by atoms with Crippen LogP contribution in [0.25, 0.3) is 0 Å².